The molecule has 1 aliphatic rings. The molecule has 0 spiro atoms. The molecule has 0 aromatic carbocycles. The molecule has 0 amide bonds. The maximum Gasteiger partial charge on any atom is 0.114 e. The molecule has 1 fully saturated rings. The number of nitrogens with zero attached hydrogens (tertiary/aromatic N) is 2. The molecule has 3 heteroatoms. The van der Waals surface area contributed by atoms with E-state index >= 15 is 0 Å². The fourth-order valence-corrected chi connectivity index (χ4v) is 1.11. The lowest BCUT2D eigenvalue weighted by Gasteiger charge is -2.26. The lowest BCUT2D eigenvalue weighted by atomic mass is 10.2. The van der Waals surface area contributed by atoms with Crippen molar-refractivity contribution in [2.45, 2.75) is 26.3 Å². The molecule has 0 bridgehead atoms. The van der Waals surface area contributed by atoms with Gasteiger partial charge >= 0.3 is 0 Å². The Hall–Kier alpha value is -0.120. The van der Waals surface area contributed by atoms with Crippen molar-refractivity contribution in [3.05, 3.63) is 0 Å². The Morgan fingerprint density at radius 2 is 2.20 bits per heavy atom. The molecular weight excluding hydrogens is 128 g/mol. The van der Waals surface area contributed by atoms with Crippen LogP contribution in [0.3, 0.4) is 0 Å². The summed E-state index contributed by atoms with van der Waals surface area (Å²) < 4.78 is 5.24. The third kappa shape index (κ3) is 1.48. The minimum atomic E-state index is 0.604. The highest BCUT2D eigenvalue weighted by Crippen LogP contribution is 2.11. The molecule has 1 saturated heterocycles. The Balaban J connectivity index is 2.38. The van der Waals surface area contributed by atoms with E-state index in [9.17, 15) is 0 Å². The van der Waals surface area contributed by atoms with Gasteiger partial charge in [0.25, 0.3) is 0 Å². The summed E-state index contributed by atoms with van der Waals surface area (Å²) in [5.74, 6) is 0. The third-order valence-corrected chi connectivity index (χ3v) is 2.04. The molecule has 3 nitrogen and oxygen atoms in total. The van der Waals surface area contributed by atoms with Gasteiger partial charge in [-0.25, -0.2) is 10.0 Å². The second-order valence-electron chi connectivity index (χ2n) is 2.82. The number of hydrogen-bond donors (Lipinski definition) is 0. The van der Waals surface area contributed by atoms with Crippen molar-refractivity contribution >= 4 is 0 Å². The zero-order valence-corrected chi connectivity index (χ0v) is 7.00. The summed E-state index contributed by atoms with van der Waals surface area (Å²) in [6.45, 7) is 5.90. The lowest BCUT2D eigenvalue weighted by molar-refractivity contribution is 0.0140. The van der Waals surface area contributed by atoms with Crippen molar-refractivity contribution in [2.24, 2.45) is 0 Å². The molecule has 0 aliphatic carbocycles. The zero-order valence-electron chi connectivity index (χ0n) is 7.00. The van der Waals surface area contributed by atoms with Crippen molar-refractivity contribution in [3.8, 4) is 0 Å². The van der Waals surface area contributed by atoms with Crippen molar-refractivity contribution < 1.29 is 4.74 Å². The van der Waals surface area contributed by atoms with Crippen LogP contribution in [0, 0.1) is 0 Å². The molecule has 0 saturated carbocycles. The Labute approximate surface area is 62.5 Å². The van der Waals surface area contributed by atoms with E-state index < -0.39 is 0 Å². The molecule has 1 unspecified atom stereocenters. The molecule has 0 aromatic heterocycles. The van der Waals surface area contributed by atoms with Crippen LogP contribution in [0.4, 0.5) is 0 Å². The Morgan fingerprint density at radius 1 is 1.50 bits per heavy atom. The average Bonchev–Trinajstić information content (AvgIpc) is 2.34. The van der Waals surface area contributed by atoms with Gasteiger partial charge in [-0.3, -0.25) is 0 Å². The highest BCUT2D eigenvalue weighted by Gasteiger charge is 2.22. The van der Waals surface area contributed by atoms with E-state index in [4.69, 9.17) is 4.74 Å². The summed E-state index contributed by atoms with van der Waals surface area (Å²) >= 11 is 0. The first-order chi connectivity index (χ1) is 4.75. The number of rotatable bonds is 2. The molecule has 0 N–H and O–H groups in total. The Kier molecular flexibility index (Phi) is 2.65. The first-order valence-corrected chi connectivity index (χ1v) is 3.81. The highest BCUT2D eigenvalue weighted by atomic mass is 16.5. The first kappa shape index (κ1) is 7.98. The van der Waals surface area contributed by atoms with E-state index in [1.54, 1.807) is 0 Å². The predicted octanol–water partition coefficient (Wildman–Crippen LogP) is 0.879. The van der Waals surface area contributed by atoms with Gasteiger partial charge in [-0.1, -0.05) is 6.92 Å². The topological polar surface area (TPSA) is 15.7 Å². The quantitative estimate of drug-likeness (QED) is 0.572. The Bertz CT molecular complexity index is 108. The van der Waals surface area contributed by atoms with E-state index in [1.807, 2.05) is 0 Å². The van der Waals surface area contributed by atoms with E-state index in [2.05, 4.69) is 30.9 Å². The van der Waals surface area contributed by atoms with Crippen molar-refractivity contribution in [1.29, 1.82) is 0 Å². The third-order valence-electron chi connectivity index (χ3n) is 2.04. The van der Waals surface area contributed by atoms with Crippen LogP contribution in [0.1, 0.15) is 20.3 Å². The predicted molar refractivity (Wildman–Crippen MR) is 40.2 cm³/mol. The van der Waals surface area contributed by atoms with E-state index in [1.165, 1.54) is 6.42 Å². The van der Waals surface area contributed by atoms with Crippen LogP contribution < -0.4 is 0 Å². The summed E-state index contributed by atoms with van der Waals surface area (Å²) in [7, 11) is 2.05. The van der Waals surface area contributed by atoms with Crippen LogP contribution in [0.25, 0.3) is 0 Å². The summed E-state index contributed by atoms with van der Waals surface area (Å²) in [5.41, 5.74) is 0. The van der Waals surface area contributed by atoms with Crippen molar-refractivity contribution in [1.82, 2.24) is 10.0 Å². The second-order valence-corrected chi connectivity index (χ2v) is 2.82. The molecule has 1 rings (SSSR count). The molecule has 1 aliphatic heterocycles. The average molecular weight is 144 g/mol. The maximum atomic E-state index is 5.24. The Morgan fingerprint density at radius 3 is 2.60 bits per heavy atom. The van der Waals surface area contributed by atoms with Gasteiger partial charge in [0.15, 0.2) is 0 Å². The van der Waals surface area contributed by atoms with Crippen LogP contribution in [-0.4, -0.2) is 36.6 Å². The van der Waals surface area contributed by atoms with Gasteiger partial charge in [-0.15, -0.1) is 0 Å². The highest BCUT2D eigenvalue weighted by molar-refractivity contribution is 4.60. The zero-order chi connectivity index (χ0) is 7.56. The molecule has 0 aromatic rings. The molecular formula is C7H16N2O. The largest absolute Gasteiger partial charge is 0.348 e. The number of hydrazine groups is 1. The fraction of sp³-hybridized carbons (Fsp3) is 1.00. The molecule has 0 radical (unpaired) electrons. The SMILES string of the molecule is CCC(C)N1COCN1C. The van der Waals surface area contributed by atoms with Crippen molar-refractivity contribution in [3.63, 3.8) is 0 Å². The monoisotopic (exact) mass is 144 g/mol. The first-order valence-electron chi connectivity index (χ1n) is 3.81. The normalized spacial score (nSPS) is 25.5. The van der Waals surface area contributed by atoms with Crippen molar-refractivity contribution in [2.75, 3.05) is 20.5 Å². The van der Waals surface area contributed by atoms with Gasteiger partial charge in [-0.2, -0.15) is 0 Å². The van der Waals surface area contributed by atoms with Crippen LogP contribution in [0.2, 0.25) is 0 Å². The van der Waals surface area contributed by atoms with Gasteiger partial charge in [-0.05, 0) is 13.3 Å². The minimum absolute atomic E-state index is 0.604. The molecule has 60 valence electrons. The minimum Gasteiger partial charge on any atom is -0.348 e. The second kappa shape index (κ2) is 3.32. The molecule has 1 heterocycles. The van der Waals surface area contributed by atoms with Crippen LogP contribution in [0.5, 0.6) is 0 Å². The fourth-order valence-electron chi connectivity index (χ4n) is 1.11. The standard InChI is InChI=1S/C7H16N2O/c1-4-7(2)9-6-10-5-8(9)3/h7H,4-6H2,1-3H3. The molecule has 1 atom stereocenters. The number of hydrogen-bond acceptors (Lipinski definition) is 3. The maximum absolute atomic E-state index is 5.24. The van der Waals surface area contributed by atoms with Gasteiger partial charge < -0.3 is 4.74 Å². The summed E-state index contributed by atoms with van der Waals surface area (Å²) in [5, 5.41) is 4.36. The summed E-state index contributed by atoms with van der Waals surface area (Å²) in [4.78, 5) is 0. The van der Waals surface area contributed by atoms with E-state index in [0.29, 0.717) is 6.04 Å². The summed E-state index contributed by atoms with van der Waals surface area (Å²) in [6.07, 6.45) is 1.17. The van der Waals surface area contributed by atoms with Crippen LogP contribution >= 0.6 is 0 Å². The van der Waals surface area contributed by atoms with Crippen LogP contribution in [-0.2, 0) is 4.74 Å². The van der Waals surface area contributed by atoms with Gasteiger partial charge in [0, 0.05) is 13.1 Å². The van der Waals surface area contributed by atoms with Crippen LogP contribution in [0.15, 0.2) is 0 Å². The van der Waals surface area contributed by atoms with Gasteiger partial charge in [0.1, 0.15) is 13.5 Å². The summed E-state index contributed by atoms with van der Waals surface area (Å²) in [6, 6.07) is 0.604. The van der Waals surface area contributed by atoms with Gasteiger partial charge in [0.2, 0.25) is 0 Å². The molecule has 10 heavy (non-hydrogen) atoms. The smallest absolute Gasteiger partial charge is 0.114 e. The van der Waals surface area contributed by atoms with E-state index in [-0.39, 0.29) is 0 Å². The number of ether oxygens (including phenoxy) is 1. The van der Waals surface area contributed by atoms with Gasteiger partial charge in [0.05, 0.1) is 0 Å². The van der Waals surface area contributed by atoms with E-state index in [0.717, 1.165) is 13.5 Å². The lowest BCUT2D eigenvalue weighted by Crippen LogP contribution is -2.39.